The summed E-state index contributed by atoms with van der Waals surface area (Å²) in [6.45, 7) is 2.56. The highest BCUT2D eigenvalue weighted by Gasteiger charge is 2.47. The fourth-order valence-corrected chi connectivity index (χ4v) is 6.09. The molecule has 7 heteroatoms. The topological polar surface area (TPSA) is 75.7 Å². The van der Waals surface area contributed by atoms with Crippen molar-refractivity contribution < 1.29 is 17.9 Å². The number of carbonyl (C=O) groups excluding carboxylic acids is 1. The number of sulfonamides is 1. The van der Waals surface area contributed by atoms with Crippen molar-refractivity contribution in [2.45, 2.75) is 45.1 Å². The Morgan fingerprint density at radius 2 is 2.00 bits per heavy atom. The summed E-state index contributed by atoms with van der Waals surface area (Å²) < 4.78 is 32.2. The molecule has 1 saturated carbocycles. The van der Waals surface area contributed by atoms with E-state index in [9.17, 15) is 13.2 Å². The van der Waals surface area contributed by atoms with Gasteiger partial charge in [-0.05, 0) is 55.9 Å². The number of benzene rings is 1. The standard InChI is InChI=1S/C19H28N2O4S/c1-3-4-11-26(23,24)21-13-14-5-10-18(21)17(12-14)19(22)20-15-6-8-16(25-2)9-7-15/h6-9,14,17-18H,3-5,10-13H2,1-2H3,(H,20,22)/t14-,17+,18-/m0/s1. The molecule has 6 nitrogen and oxygen atoms in total. The van der Waals surface area contributed by atoms with Crippen molar-refractivity contribution in [3.05, 3.63) is 24.3 Å². The van der Waals surface area contributed by atoms with Crippen LogP contribution in [0.4, 0.5) is 5.69 Å². The van der Waals surface area contributed by atoms with E-state index in [1.54, 1.807) is 35.7 Å². The van der Waals surface area contributed by atoms with Crippen LogP contribution < -0.4 is 10.1 Å². The Hall–Kier alpha value is -1.60. The van der Waals surface area contributed by atoms with Crippen LogP contribution in [0.15, 0.2) is 24.3 Å². The largest absolute Gasteiger partial charge is 0.497 e. The molecule has 2 saturated heterocycles. The van der Waals surface area contributed by atoms with Crippen LogP contribution in [0.2, 0.25) is 0 Å². The Bertz CT molecular complexity index is 732. The van der Waals surface area contributed by atoms with Crippen molar-refractivity contribution in [1.82, 2.24) is 4.31 Å². The fraction of sp³-hybridized carbons (Fsp3) is 0.632. The molecule has 26 heavy (non-hydrogen) atoms. The van der Waals surface area contributed by atoms with E-state index in [4.69, 9.17) is 4.74 Å². The van der Waals surface area contributed by atoms with Crippen molar-refractivity contribution in [2.24, 2.45) is 11.8 Å². The molecular weight excluding hydrogens is 352 g/mol. The molecule has 2 bridgehead atoms. The molecule has 1 amide bonds. The predicted molar refractivity (Wildman–Crippen MR) is 102 cm³/mol. The molecule has 1 N–H and O–H groups in total. The average molecular weight is 381 g/mol. The number of ether oxygens (including phenoxy) is 1. The van der Waals surface area contributed by atoms with E-state index < -0.39 is 10.0 Å². The predicted octanol–water partition coefficient (Wildman–Crippen LogP) is 2.86. The maximum absolute atomic E-state index is 12.8. The molecule has 1 aliphatic carbocycles. The highest BCUT2D eigenvalue weighted by atomic mass is 32.2. The first kappa shape index (κ1) is 19.2. The summed E-state index contributed by atoms with van der Waals surface area (Å²) in [6.07, 6.45) is 4.07. The van der Waals surface area contributed by atoms with Gasteiger partial charge in [-0.15, -0.1) is 0 Å². The minimum atomic E-state index is -3.29. The normalized spacial score (nSPS) is 25.8. The lowest BCUT2D eigenvalue weighted by atomic mass is 9.73. The number of piperidine rings is 2. The Morgan fingerprint density at radius 1 is 1.27 bits per heavy atom. The number of nitrogens with zero attached hydrogens (tertiary/aromatic N) is 1. The van der Waals surface area contributed by atoms with Crippen molar-refractivity contribution in [3.63, 3.8) is 0 Å². The summed E-state index contributed by atoms with van der Waals surface area (Å²) in [5.41, 5.74) is 0.706. The van der Waals surface area contributed by atoms with Crippen molar-refractivity contribution in [1.29, 1.82) is 0 Å². The molecule has 2 heterocycles. The van der Waals surface area contributed by atoms with Crippen LogP contribution in [0, 0.1) is 11.8 Å². The van der Waals surface area contributed by atoms with Gasteiger partial charge in [-0.1, -0.05) is 13.3 Å². The second-order valence-corrected chi connectivity index (χ2v) is 9.35. The second kappa shape index (κ2) is 7.96. The molecule has 144 valence electrons. The number of fused-ring (bicyclic) bond motifs is 3. The van der Waals surface area contributed by atoms with Crippen LogP contribution in [-0.2, 0) is 14.8 Å². The van der Waals surface area contributed by atoms with E-state index >= 15 is 0 Å². The lowest BCUT2D eigenvalue weighted by Gasteiger charge is -2.48. The van der Waals surface area contributed by atoms with E-state index in [0.29, 0.717) is 18.7 Å². The zero-order valence-electron chi connectivity index (χ0n) is 15.5. The lowest BCUT2D eigenvalue weighted by molar-refractivity contribution is -0.125. The van der Waals surface area contributed by atoms with Gasteiger partial charge in [-0.3, -0.25) is 4.79 Å². The zero-order chi connectivity index (χ0) is 18.7. The Morgan fingerprint density at radius 3 is 2.62 bits per heavy atom. The van der Waals surface area contributed by atoms with Crippen LogP contribution in [0.5, 0.6) is 5.75 Å². The van der Waals surface area contributed by atoms with Gasteiger partial charge in [0.2, 0.25) is 15.9 Å². The van der Waals surface area contributed by atoms with E-state index in [2.05, 4.69) is 5.32 Å². The first-order chi connectivity index (χ1) is 12.4. The fourth-order valence-electron chi connectivity index (χ4n) is 4.10. The number of unbranched alkanes of at least 4 members (excludes halogenated alkanes) is 1. The van der Waals surface area contributed by atoms with Gasteiger partial charge in [0, 0.05) is 18.3 Å². The van der Waals surface area contributed by atoms with E-state index in [-0.39, 0.29) is 29.5 Å². The number of hydrogen-bond donors (Lipinski definition) is 1. The Balaban J connectivity index is 1.72. The van der Waals surface area contributed by atoms with Crippen molar-refractivity contribution in [2.75, 3.05) is 24.7 Å². The van der Waals surface area contributed by atoms with Gasteiger partial charge in [0.05, 0.1) is 18.8 Å². The van der Waals surface area contributed by atoms with Gasteiger partial charge in [0.25, 0.3) is 0 Å². The van der Waals surface area contributed by atoms with Crippen LogP contribution in [0.25, 0.3) is 0 Å². The summed E-state index contributed by atoms with van der Waals surface area (Å²) in [6, 6.07) is 6.98. The summed E-state index contributed by atoms with van der Waals surface area (Å²) in [7, 11) is -1.69. The third kappa shape index (κ3) is 4.04. The highest BCUT2D eigenvalue weighted by Crippen LogP contribution is 2.41. The molecule has 0 aromatic heterocycles. The average Bonchev–Trinajstić information content (AvgIpc) is 2.67. The van der Waals surface area contributed by atoms with Gasteiger partial charge >= 0.3 is 0 Å². The van der Waals surface area contributed by atoms with E-state index in [1.807, 2.05) is 6.92 Å². The van der Waals surface area contributed by atoms with E-state index in [1.165, 1.54) is 0 Å². The quantitative estimate of drug-likeness (QED) is 0.789. The number of anilines is 1. The molecule has 0 radical (unpaired) electrons. The monoisotopic (exact) mass is 380 g/mol. The third-order valence-corrected chi connectivity index (χ3v) is 7.48. The summed E-state index contributed by atoms with van der Waals surface area (Å²) in [5, 5.41) is 2.95. The third-order valence-electron chi connectivity index (χ3n) is 5.54. The molecule has 3 aliphatic rings. The van der Waals surface area contributed by atoms with E-state index in [0.717, 1.165) is 31.4 Å². The van der Waals surface area contributed by atoms with Crippen molar-refractivity contribution in [3.8, 4) is 5.75 Å². The minimum Gasteiger partial charge on any atom is -0.497 e. The Kier molecular flexibility index (Phi) is 5.87. The summed E-state index contributed by atoms with van der Waals surface area (Å²) >= 11 is 0. The number of hydrogen-bond acceptors (Lipinski definition) is 4. The first-order valence-electron chi connectivity index (χ1n) is 9.39. The maximum atomic E-state index is 12.8. The molecule has 3 atom stereocenters. The first-order valence-corrected chi connectivity index (χ1v) is 11.0. The molecule has 1 aromatic carbocycles. The summed E-state index contributed by atoms with van der Waals surface area (Å²) in [5.74, 6) is 0.830. The number of methoxy groups -OCH3 is 1. The van der Waals surface area contributed by atoms with Gasteiger partial charge in [-0.2, -0.15) is 4.31 Å². The molecule has 4 rings (SSSR count). The number of carbonyl (C=O) groups is 1. The highest BCUT2D eigenvalue weighted by molar-refractivity contribution is 7.89. The second-order valence-electron chi connectivity index (χ2n) is 7.31. The van der Waals surface area contributed by atoms with Gasteiger partial charge in [-0.25, -0.2) is 8.42 Å². The van der Waals surface area contributed by atoms with Crippen LogP contribution in [-0.4, -0.2) is 44.1 Å². The Labute approximate surface area is 156 Å². The number of amides is 1. The molecular formula is C19H28N2O4S. The zero-order valence-corrected chi connectivity index (χ0v) is 16.3. The van der Waals surface area contributed by atoms with Gasteiger partial charge in [0.1, 0.15) is 5.75 Å². The van der Waals surface area contributed by atoms with Gasteiger partial charge in [0.15, 0.2) is 0 Å². The van der Waals surface area contributed by atoms with Crippen LogP contribution in [0.3, 0.4) is 0 Å². The smallest absolute Gasteiger partial charge is 0.229 e. The van der Waals surface area contributed by atoms with Crippen LogP contribution >= 0.6 is 0 Å². The molecule has 0 unspecified atom stereocenters. The molecule has 0 spiro atoms. The molecule has 3 fully saturated rings. The lowest BCUT2D eigenvalue weighted by Crippen LogP contribution is -2.58. The number of rotatable bonds is 7. The van der Waals surface area contributed by atoms with Crippen LogP contribution in [0.1, 0.15) is 39.0 Å². The number of nitrogens with one attached hydrogen (secondary N) is 1. The molecule has 2 aliphatic heterocycles. The SMILES string of the molecule is CCCCS(=O)(=O)N1C[C@H]2CC[C@H]1[C@H](C(=O)Nc1ccc(OC)cc1)C2. The summed E-state index contributed by atoms with van der Waals surface area (Å²) in [4.78, 5) is 12.8. The minimum absolute atomic E-state index is 0.0831. The molecule has 1 aromatic rings. The maximum Gasteiger partial charge on any atom is 0.229 e. The van der Waals surface area contributed by atoms with Crippen molar-refractivity contribution >= 4 is 21.6 Å². The van der Waals surface area contributed by atoms with Gasteiger partial charge < -0.3 is 10.1 Å².